The molecule has 0 heterocycles. The van der Waals surface area contributed by atoms with Gasteiger partial charge in [0.05, 0.1) is 13.2 Å². The van der Waals surface area contributed by atoms with E-state index in [4.69, 9.17) is 5.73 Å². The van der Waals surface area contributed by atoms with Crippen LogP contribution in [0.15, 0.2) is 0 Å². The zero-order valence-electron chi connectivity index (χ0n) is 8.16. The number of amides is 1. The molecule has 0 rings (SSSR count). The number of carbonyl (C=O) groups excluding carboxylic acids is 2. The molecule has 13 heavy (non-hydrogen) atoms. The molecule has 0 aromatic heterocycles. The fourth-order valence-corrected chi connectivity index (χ4v) is 0.948. The van der Waals surface area contributed by atoms with Gasteiger partial charge in [0.15, 0.2) is 0 Å². The summed E-state index contributed by atoms with van der Waals surface area (Å²) in [5.74, 6) is -0.863. The van der Waals surface area contributed by atoms with Crippen molar-refractivity contribution >= 4 is 11.9 Å². The molecule has 0 aromatic carbocycles. The molecular formula is C8H16N2O3. The van der Waals surface area contributed by atoms with Gasteiger partial charge in [-0.2, -0.15) is 0 Å². The van der Waals surface area contributed by atoms with Gasteiger partial charge in [-0.05, 0) is 13.3 Å². The summed E-state index contributed by atoms with van der Waals surface area (Å²) < 4.78 is 4.48. The van der Waals surface area contributed by atoms with Crippen LogP contribution in [0.4, 0.5) is 0 Å². The predicted molar refractivity (Wildman–Crippen MR) is 47.9 cm³/mol. The van der Waals surface area contributed by atoms with Crippen LogP contribution in [-0.2, 0) is 14.3 Å². The number of methoxy groups -OCH3 is 1. The van der Waals surface area contributed by atoms with Gasteiger partial charge in [0.25, 0.3) is 0 Å². The Hall–Kier alpha value is -1.10. The Morgan fingerprint density at radius 1 is 1.54 bits per heavy atom. The van der Waals surface area contributed by atoms with Crippen molar-refractivity contribution < 1.29 is 14.3 Å². The van der Waals surface area contributed by atoms with Gasteiger partial charge >= 0.3 is 5.97 Å². The van der Waals surface area contributed by atoms with E-state index in [1.807, 2.05) is 6.92 Å². The molecule has 0 bridgehead atoms. The van der Waals surface area contributed by atoms with Gasteiger partial charge in [-0.3, -0.25) is 14.9 Å². The SMILES string of the molecule is CCC(NC(C)C(=O)OC)C(N)=O. The van der Waals surface area contributed by atoms with Crippen LogP contribution in [0.3, 0.4) is 0 Å². The number of esters is 1. The molecule has 5 nitrogen and oxygen atoms in total. The summed E-state index contributed by atoms with van der Waals surface area (Å²) in [6.45, 7) is 3.43. The average Bonchev–Trinajstić information content (AvgIpc) is 2.11. The Balaban J connectivity index is 4.08. The minimum Gasteiger partial charge on any atom is -0.468 e. The fraction of sp³-hybridized carbons (Fsp3) is 0.750. The van der Waals surface area contributed by atoms with Crippen molar-refractivity contribution in [3.05, 3.63) is 0 Å². The van der Waals surface area contributed by atoms with Crippen molar-refractivity contribution in [2.24, 2.45) is 5.73 Å². The number of ether oxygens (including phenoxy) is 1. The molecule has 1 amide bonds. The maximum atomic E-state index is 10.9. The number of primary amides is 1. The van der Waals surface area contributed by atoms with Crippen molar-refractivity contribution in [1.29, 1.82) is 0 Å². The second-order valence-electron chi connectivity index (χ2n) is 2.77. The minimum absolute atomic E-state index is 0.403. The molecule has 0 saturated carbocycles. The Morgan fingerprint density at radius 2 is 2.08 bits per heavy atom. The zero-order valence-corrected chi connectivity index (χ0v) is 8.16. The van der Waals surface area contributed by atoms with E-state index in [1.165, 1.54) is 7.11 Å². The first-order valence-electron chi connectivity index (χ1n) is 4.16. The third-order valence-electron chi connectivity index (χ3n) is 1.76. The Bertz CT molecular complexity index is 194. The molecule has 0 spiro atoms. The summed E-state index contributed by atoms with van der Waals surface area (Å²) in [7, 11) is 1.30. The van der Waals surface area contributed by atoms with E-state index in [9.17, 15) is 9.59 Å². The summed E-state index contributed by atoms with van der Waals surface area (Å²) >= 11 is 0. The lowest BCUT2D eigenvalue weighted by Crippen LogP contribution is -2.48. The van der Waals surface area contributed by atoms with E-state index in [1.54, 1.807) is 6.92 Å². The molecule has 2 atom stereocenters. The van der Waals surface area contributed by atoms with Gasteiger partial charge in [0.2, 0.25) is 5.91 Å². The highest BCUT2D eigenvalue weighted by Gasteiger charge is 2.20. The second kappa shape index (κ2) is 5.53. The first-order chi connectivity index (χ1) is 6.02. The molecule has 0 radical (unpaired) electrons. The maximum Gasteiger partial charge on any atom is 0.322 e. The van der Waals surface area contributed by atoms with Crippen LogP contribution in [0.5, 0.6) is 0 Å². The number of hydrogen-bond acceptors (Lipinski definition) is 4. The van der Waals surface area contributed by atoms with E-state index < -0.39 is 24.0 Å². The monoisotopic (exact) mass is 188 g/mol. The van der Waals surface area contributed by atoms with Crippen LogP contribution in [0.1, 0.15) is 20.3 Å². The van der Waals surface area contributed by atoms with Crippen molar-refractivity contribution in [2.45, 2.75) is 32.4 Å². The number of nitrogens with one attached hydrogen (secondary N) is 1. The van der Waals surface area contributed by atoms with Crippen LogP contribution in [0, 0.1) is 0 Å². The van der Waals surface area contributed by atoms with Gasteiger partial charge in [-0.1, -0.05) is 6.92 Å². The van der Waals surface area contributed by atoms with Crippen LogP contribution in [-0.4, -0.2) is 31.1 Å². The van der Waals surface area contributed by atoms with E-state index >= 15 is 0 Å². The molecule has 0 fully saturated rings. The van der Waals surface area contributed by atoms with Crippen LogP contribution < -0.4 is 11.1 Å². The molecule has 0 aromatic rings. The molecule has 0 aliphatic rings. The summed E-state index contributed by atoms with van der Waals surface area (Å²) in [6, 6.07) is -0.989. The van der Waals surface area contributed by atoms with Gasteiger partial charge in [-0.25, -0.2) is 0 Å². The summed E-state index contributed by atoms with van der Waals surface area (Å²) in [4.78, 5) is 21.7. The van der Waals surface area contributed by atoms with Crippen molar-refractivity contribution in [3.63, 3.8) is 0 Å². The van der Waals surface area contributed by atoms with Crippen LogP contribution in [0.25, 0.3) is 0 Å². The van der Waals surface area contributed by atoms with Gasteiger partial charge in [-0.15, -0.1) is 0 Å². The molecule has 2 unspecified atom stereocenters. The Labute approximate surface area is 77.6 Å². The zero-order chi connectivity index (χ0) is 10.4. The summed E-state index contributed by atoms with van der Waals surface area (Å²) in [5, 5.41) is 2.77. The summed E-state index contributed by atoms with van der Waals surface area (Å²) in [5.41, 5.74) is 5.08. The molecule has 0 aliphatic heterocycles. The fourth-order valence-electron chi connectivity index (χ4n) is 0.948. The summed E-state index contributed by atoms with van der Waals surface area (Å²) in [6.07, 6.45) is 0.552. The van der Waals surface area contributed by atoms with Crippen molar-refractivity contribution in [1.82, 2.24) is 5.32 Å². The van der Waals surface area contributed by atoms with Crippen LogP contribution in [0.2, 0.25) is 0 Å². The highest BCUT2D eigenvalue weighted by Crippen LogP contribution is 1.94. The van der Waals surface area contributed by atoms with Crippen LogP contribution >= 0.6 is 0 Å². The first kappa shape index (κ1) is 11.9. The van der Waals surface area contributed by atoms with E-state index in [2.05, 4.69) is 10.1 Å². The van der Waals surface area contributed by atoms with E-state index in [0.29, 0.717) is 6.42 Å². The third kappa shape index (κ3) is 3.89. The molecular weight excluding hydrogens is 172 g/mol. The molecule has 3 N–H and O–H groups in total. The highest BCUT2D eigenvalue weighted by molar-refractivity contribution is 5.81. The minimum atomic E-state index is -0.512. The number of rotatable bonds is 5. The molecule has 5 heteroatoms. The quantitative estimate of drug-likeness (QED) is 0.564. The third-order valence-corrected chi connectivity index (χ3v) is 1.76. The van der Waals surface area contributed by atoms with Gasteiger partial charge in [0.1, 0.15) is 6.04 Å². The predicted octanol–water partition coefficient (Wildman–Crippen LogP) is -0.599. The number of hydrogen-bond donors (Lipinski definition) is 2. The number of nitrogens with two attached hydrogens (primary N) is 1. The van der Waals surface area contributed by atoms with E-state index in [0.717, 1.165) is 0 Å². The lowest BCUT2D eigenvalue weighted by Gasteiger charge is -2.17. The molecule has 0 aliphatic carbocycles. The average molecular weight is 188 g/mol. The van der Waals surface area contributed by atoms with Crippen molar-refractivity contribution in [2.75, 3.05) is 7.11 Å². The standard InChI is InChI=1S/C8H16N2O3/c1-4-6(7(9)11)10-5(2)8(12)13-3/h5-6,10H,4H2,1-3H3,(H2,9,11). The first-order valence-corrected chi connectivity index (χ1v) is 4.16. The van der Waals surface area contributed by atoms with Gasteiger partial charge in [0, 0.05) is 0 Å². The Kier molecular flexibility index (Phi) is 5.06. The topological polar surface area (TPSA) is 81.4 Å². The Morgan fingerprint density at radius 3 is 2.38 bits per heavy atom. The maximum absolute atomic E-state index is 10.9. The molecule has 76 valence electrons. The smallest absolute Gasteiger partial charge is 0.322 e. The van der Waals surface area contributed by atoms with Crippen molar-refractivity contribution in [3.8, 4) is 0 Å². The van der Waals surface area contributed by atoms with E-state index in [-0.39, 0.29) is 0 Å². The lowest BCUT2D eigenvalue weighted by atomic mass is 10.2. The highest BCUT2D eigenvalue weighted by atomic mass is 16.5. The second-order valence-corrected chi connectivity index (χ2v) is 2.77. The molecule has 0 saturated heterocycles. The lowest BCUT2D eigenvalue weighted by molar-refractivity contribution is -0.143. The number of carbonyl (C=O) groups is 2. The normalized spacial score (nSPS) is 14.7. The largest absolute Gasteiger partial charge is 0.468 e. The van der Waals surface area contributed by atoms with Gasteiger partial charge < -0.3 is 10.5 Å².